The largest absolute Gasteiger partial charge is 0.466 e. The number of carbonyl (C=O) groups is 1. The maximum absolute atomic E-state index is 9.82. The SMILES string of the molecule is C=C[C@@H]1CC1N.CCOC(C)=O. The van der Waals surface area contributed by atoms with Crippen LogP contribution in [-0.4, -0.2) is 18.6 Å². The van der Waals surface area contributed by atoms with Crippen molar-refractivity contribution in [3.63, 3.8) is 0 Å². The summed E-state index contributed by atoms with van der Waals surface area (Å²) in [6, 6.07) is 0.447. The van der Waals surface area contributed by atoms with Crippen LogP contribution in [0.2, 0.25) is 0 Å². The van der Waals surface area contributed by atoms with E-state index in [0.29, 0.717) is 18.6 Å². The lowest BCUT2D eigenvalue weighted by atomic mass is 10.4. The van der Waals surface area contributed by atoms with Crippen LogP contribution < -0.4 is 5.73 Å². The van der Waals surface area contributed by atoms with Crippen LogP contribution in [0.3, 0.4) is 0 Å². The van der Waals surface area contributed by atoms with E-state index in [1.807, 2.05) is 6.08 Å². The first kappa shape index (κ1) is 11.2. The molecule has 0 aromatic rings. The molecule has 2 N–H and O–H groups in total. The highest BCUT2D eigenvalue weighted by Gasteiger charge is 2.29. The Morgan fingerprint density at radius 2 is 2.33 bits per heavy atom. The van der Waals surface area contributed by atoms with Crippen LogP contribution in [0.4, 0.5) is 0 Å². The molecule has 0 aromatic heterocycles. The van der Waals surface area contributed by atoms with Crippen molar-refractivity contribution >= 4 is 5.97 Å². The summed E-state index contributed by atoms with van der Waals surface area (Å²) in [5.41, 5.74) is 5.41. The van der Waals surface area contributed by atoms with Gasteiger partial charge in [0.25, 0.3) is 0 Å². The van der Waals surface area contributed by atoms with E-state index in [1.165, 1.54) is 6.92 Å². The van der Waals surface area contributed by atoms with Crippen LogP contribution in [0, 0.1) is 5.92 Å². The minimum absolute atomic E-state index is 0.211. The quantitative estimate of drug-likeness (QED) is 0.500. The molecule has 3 nitrogen and oxygen atoms in total. The van der Waals surface area contributed by atoms with Gasteiger partial charge in [0.05, 0.1) is 6.61 Å². The summed E-state index contributed by atoms with van der Waals surface area (Å²) in [7, 11) is 0. The second-order valence-electron chi connectivity index (χ2n) is 2.72. The predicted molar refractivity (Wildman–Crippen MR) is 48.6 cm³/mol. The second kappa shape index (κ2) is 5.77. The molecule has 1 aliphatic rings. The molecule has 2 atom stereocenters. The van der Waals surface area contributed by atoms with Crippen molar-refractivity contribution in [2.75, 3.05) is 6.61 Å². The molecular formula is C9H17NO2. The first-order valence-corrected chi connectivity index (χ1v) is 4.13. The van der Waals surface area contributed by atoms with Gasteiger partial charge in [0.1, 0.15) is 0 Å². The molecule has 0 heterocycles. The van der Waals surface area contributed by atoms with Crippen molar-refractivity contribution < 1.29 is 9.53 Å². The predicted octanol–water partition coefficient (Wildman–Crippen LogP) is 1.09. The maximum Gasteiger partial charge on any atom is 0.302 e. The molecule has 70 valence electrons. The van der Waals surface area contributed by atoms with Crippen LogP contribution in [-0.2, 0) is 9.53 Å². The molecule has 0 saturated heterocycles. The summed E-state index contributed by atoms with van der Waals surface area (Å²) in [6.45, 7) is 7.25. The van der Waals surface area contributed by atoms with Crippen molar-refractivity contribution in [1.29, 1.82) is 0 Å². The van der Waals surface area contributed by atoms with Gasteiger partial charge in [0.15, 0.2) is 0 Å². The van der Waals surface area contributed by atoms with Gasteiger partial charge in [-0.2, -0.15) is 0 Å². The monoisotopic (exact) mass is 171 g/mol. The number of nitrogens with two attached hydrogens (primary N) is 1. The maximum atomic E-state index is 9.82. The van der Waals surface area contributed by atoms with Crippen LogP contribution in [0.5, 0.6) is 0 Å². The van der Waals surface area contributed by atoms with E-state index in [2.05, 4.69) is 11.3 Å². The van der Waals surface area contributed by atoms with Crippen LogP contribution in [0.1, 0.15) is 20.3 Å². The fourth-order valence-corrected chi connectivity index (χ4v) is 0.710. The van der Waals surface area contributed by atoms with Crippen molar-refractivity contribution in [3.05, 3.63) is 12.7 Å². The van der Waals surface area contributed by atoms with Crippen LogP contribution in [0.15, 0.2) is 12.7 Å². The first-order valence-electron chi connectivity index (χ1n) is 4.13. The van der Waals surface area contributed by atoms with E-state index in [1.54, 1.807) is 6.92 Å². The highest BCUT2D eigenvalue weighted by molar-refractivity contribution is 5.65. The second-order valence-corrected chi connectivity index (χ2v) is 2.72. The van der Waals surface area contributed by atoms with E-state index < -0.39 is 0 Å². The lowest BCUT2D eigenvalue weighted by Gasteiger charge is -1.89. The Bertz CT molecular complexity index is 157. The molecule has 0 spiro atoms. The molecule has 1 saturated carbocycles. The summed E-state index contributed by atoms with van der Waals surface area (Å²) in [5, 5.41) is 0. The minimum Gasteiger partial charge on any atom is -0.466 e. The molecule has 0 bridgehead atoms. The molecule has 0 aromatic carbocycles. The van der Waals surface area contributed by atoms with E-state index in [4.69, 9.17) is 5.73 Å². The van der Waals surface area contributed by atoms with Gasteiger partial charge in [0.2, 0.25) is 0 Å². The minimum atomic E-state index is -0.211. The molecule has 1 rings (SSSR count). The normalized spacial score (nSPS) is 24.9. The Morgan fingerprint density at radius 1 is 1.83 bits per heavy atom. The Hall–Kier alpha value is -0.830. The molecule has 3 heteroatoms. The Kier molecular flexibility index (Phi) is 5.37. The molecule has 0 amide bonds. The average molecular weight is 171 g/mol. The lowest BCUT2D eigenvalue weighted by molar-refractivity contribution is -0.140. The van der Waals surface area contributed by atoms with Crippen molar-refractivity contribution in [1.82, 2.24) is 0 Å². The number of rotatable bonds is 2. The standard InChI is InChI=1S/C5H9N.C4H8O2/c1-2-4-3-5(4)6;1-3-6-4(2)5/h2,4-5H,1,3,6H2;3H2,1-2H3/t4-,5?;/m1./s1. The van der Waals surface area contributed by atoms with Gasteiger partial charge in [-0.15, -0.1) is 6.58 Å². The van der Waals surface area contributed by atoms with Crippen LogP contribution in [0.25, 0.3) is 0 Å². The van der Waals surface area contributed by atoms with Gasteiger partial charge >= 0.3 is 5.97 Å². The lowest BCUT2D eigenvalue weighted by Crippen LogP contribution is -1.99. The summed E-state index contributed by atoms with van der Waals surface area (Å²) in [4.78, 5) is 9.82. The summed E-state index contributed by atoms with van der Waals surface area (Å²) < 4.78 is 4.40. The summed E-state index contributed by atoms with van der Waals surface area (Å²) in [6.07, 6.45) is 3.08. The van der Waals surface area contributed by atoms with Crippen LogP contribution >= 0.6 is 0 Å². The van der Waals surface area contributed by atoms with Gasteiger partial charge in [-0.25, -0.2) is 0 Å². The smallest absolute Gasteiger partial charge is 0.302 e. The molecule has 1 unspecified atom stereocenters. The molecule has 1 fully saturated rings. The van der Waals surface area contributed by atoms with Gasteiger partial charge in [-0.1, -0.05) is 6.08 Å². The first-order chi connectivity index (χ1) is 5.61. The fourth-order valence-electron chi connectivity index (χ4n) is 0.710. The third kappa shape index (κ3) is 5.92. The summed E-state index contributed by atoms with van der Waals surface area (Å²) in [5.74, 6) is 0.433. The van der Waals surface area contributed by atoms with Gasteiger partial charge < -0.3 is 10.5 Å². The number of carbonyl (C=O) groups excluding carboxylic acids is 1. The van der Waals surface area contributed by atoms with E-state index >= 15 is 0 Å². The third-order valence-corrected chi connectivity index (χ3v) is 1.54. The van der Waals surface area contributed by atoms with Gasteiger partial charge in [-0.3, -0.25) is 4.79 Å². The molecular weight excluding hydrogens is 154 g/mol. The Labute approximate surface area is 73.6 Å². The Balaban J connectivity index is 0.000000202. The van der Waals surface area contributed by atoms with Crippen molar-refractivity contribution in [2.45, 2.75) is 26.3 Å². The zero-order chi connectivity index (χ0) is 9.56. The average Bonchev–Trinajstić information content (AvgIpc) is 2.67. The number of esters is 1. The number of ether oxygens (including phenoxy) is 1. The fraction of sp³-hybridized carbons (Fsp3) is 0.667. The third-order valence-electron chi connectivity index (χ3n) is 1.54. The van der Waals surface area contributed by atoms with Crippen molar-refractivity contribution in [3.8, 4) is 0 Å². The number of hydrogen-bond acceptors (Lipinski definition) is 3. The van der Waals surface area contributed by atoms with Gasteiger partial charge in [-0.05, 0) is 19.3 Å². The highest BCUT2D eigenvalue weighted by Crippen LogP contribution is 2.27. The summed E-state index contributed by atoms with van der Waals surface area (Å²) >= 11 is 0. The highest BCUT2D eigenvalue weighted by atomic mass is 16.5. The van der Waals surface area contributed by atoms with E-state index in [-0.39, 0.29) is 5.97 Å². The van der Waals surface area contributed by atoms with E-state index in [0.717, 1.165) is 6.42 Å². The number of hydrogen-bond donors (Lipinski definition) is 1. The zero-order valence-electron chi connectivity index (χ0n) is 7.75. The topological polar surface area (TPSA) is 52.3 Å². The van der Waals surface area contributed by atoms with Gasteiger partial charge in [0, 0.05) is 13.0 Å². The molecule has 12 heavy (non-hydrogen) atoms. The Morgan fingerprint density at radius 3 is 2.33 bits per heavy atom. The molecule has 0 radical (unpaired) electrons. The molecule has 1 aliphatic carbocycles. The van der Waals surface area contributed by atoms with Crippen molar-refractivity contribution in [2.24, 2.45) is 11.7 Å². The van der Waals surface area contributed by atoms with E-state index in [9.17, 15) is 4.79 Å². The zero-order valence-corrected chi connectivity index (χ0v) is 7.75. The molecule has 0 aliphatic heterocycles.